The number of ether oxygens (including phenoxy) is 1. The van der Waals surface area contributed by atoms with Crippen LogP contribution < -0.4 is 10.1 Å². The predicted molar refractivity (Wildman–Crippen MR) is 77.8 cm³/mol. The van der Waals surface area contributed by atoms with Crippen LogP contribution in [0.15, 0.2) is 28.7 Å². The second kappa shape index (κ2) is 5.28. The summed E-state index contributed by atoms with van der Waals surface area (Å²) in [6.07, 6.45) is 0.749. The first-order valence-electron chi connectivity index (χ1n) is 6.38. The number of amides is 1. The van der Waals surface area contributed by atoms with Crippen molar-refractivity contribution >= 4 is 21.8 Å². The number of benzene rings is 1. The number of hydrogen-bond acceptors (Lipinski definition) is 3. The summed E-state index contributed by atoms with van der Waals surface area (Å²) in [4.78, 5) is 12.2. The fourth-order valence-electron chi connectivity index (χ4n) is 2.28. The zero-order chi connectivity index (χ0) is 14.1. The van der Waals surface area contributed by atoms with Crippen LogP contribution >= 0.6 is 15.9 Å². The number of nitrogens with one attached hydrogen (secondary N) is 2. The quantitative estimate of drug-likeness (QED) is 0.886. The molecule has 1 amide bonds. The average molecular weight is 336 g/mol. The van der Waals surface area contributed by atoms with Crippen LogP contribution in [-0.4, -0.2) is 22.7 Å². The maximum absolute atomic E-state index is 12.2. The molecule has 0 aliphatic carbocycles. The van der Waals surface area contributed by atoms with E-state index in [1.165, 1.54) is 0 Å². The first-order chi connectivity index (χ1) is 9.63. The van der Waals surface area contributed by atoms with E-state index >= 15 is 0 Å². The minimum Gasteiger partial charge on any atom is -0.493 e. The Kier molecular flexibility index (Phi) is 3.48. The van der Waals surface area contributed by atoms with Gasteiger partial charge >= 0.3 is 0 Å². The van der Waals surface area contributed by atoms with E-state index in [2.05, 4.69) is 31.4 Å². The molecule has 1 aliphatic heterocycles. The van der Waals surface area contributed by atoms with Gasteiger partial charge in [0.1, 0.15) is 11.4 Å². The molecule has 0 saturated heterocycles. The molecule has 104 valence electrons. The summed E-state index contributed by atoms with van der Waals surface area (Å²) in [5.74, 6) is 0.648. The molecular weight excluding hydrogens is 322 g/mol. The van der Waals surface area contributed by atoms with Gasteiger partial charge in [-0.25, -0.2) is 0 Å². The topological polar surface area (TPSA) is 67.0 Å². The Hall–Kier alpha value is -1.82. The standard InChI is InChI=1S/C14H14BrN3O2/c1-8-6-12(18-17-8)14(19)16-11-4-5-20-13-3-2-9(15)7-10(11)13/h2-3,6-7,11H,4-5H2,1H3,(H,16,19)(H,17,18)/t11-/m0/s1. The SMILES string of the molecule is Cc1cc(C(=O)N[C@H]2CCOc3ccc(Br)cc32)n[nH]1. The zero-order valence-electron chi connectivity index (χ0n) is 10.9. The van der Waals surface area contributed by atoms with Crippen molar-refractivity contribution in [2.45, 2.75) is 19.4 Å². The Morgan fingerprint density at radius 1 is 1.50 bits per heavy atom. The highest BCUT2D eigenvalue weighted by Crippen LogP contribution is 2.34. The summed E-state index contributed by atoms with van der Waals surface area (Å²) in [6.45, 7) is 2.46. The smallest absolute Gasteiger partial charge is 0.272 e. The van der Waals surface area contributed by atoms with Gasteiger partial charge in [0, 0.05) is 22.2 Å². The number of rotatable bonds is 2. The van der Waals surface area contributed by atoms with Crippen LogP contribution in [0.1, 0.15) is 34.2 Å². The van der Waals surface area contributed by atoms with Crippen LogP contribution in [0.25, 0.3) is 0 Å². The van der Waals surface area contributed by atoms with Crippen LogP contribution in [0.4, 0.5) is 0 Å². The number of fused-ring (bicyclic) bond motifs is 1. The number of carbonyl (C=O) groups is 1. The van der Waals surface area contributed by atoms with E-state index in [0.29, 0.717) is 12.3 Å². The van der Waals surface area contributed by atoms with Gasteiger partial charge in [0.25, 0.3) is 5.91 Å². The molecule has 0 unspecified atom stereocenters. The average Bonchev–Trinajstić information content (AvgIpc) is 2.86. The molecule has 1 atom stereocenters. The van der Waals surface area contributed by atoms with E-state index in [4.69, 9.17) is 4.74 Å². The van der Waals surface area contributed by atoms with Crippen molar-refractivity contribution in [3.63, 3.8) is 0 Å². The van der Waals surface area contributed by atoms with Crippen molar-refractivity contribution in [3.05, 3.63) is 45.7 Å². The number of aryl methyl sites for hydroxylation is 1. The lowest BCUT2D eigenvalue weighted by Crippen LogP contribution is -2.32. The second-order valence-corrected chi connectivity index (χ2v) is 5.70. The first-order valence-corrected chi connectivity index (χ1v) is 7.18. The minimum atomic E-state index is -0.174. The third-order valence-electron chi connectivity index (χ3n) is 3.26. The Bertz CT molecular complexity index is 654. The Balaban J connectivity index is 1.82. The molecule has 2 aromatic rings. The number of H-pyrrole nitrogens is 1. The summed E-state index contributed by atoms with van der Waals surface area (Å²) >= 11 is 3.45. The van der Waals surface area contributed by atoms with Gasteiger partial charge in [0.2, 0.25) is 0 Å². The summed E-state index contributed by atoms with van der Waals surface area (Å²) < 4.78 is 6.58. The Morgan fingerprint density at radius 3 is 3.10 bits per heavy atom. The first kappa shape index (κ1) is 13.2. The third-order valence-corrected chi connectivity index (χ3v) is 3.75. The van der Waals surface area contributed by atoms with Gasteiger partial charge in [-0.3, -0.25) is 9.89 Å². The number of hydrogen-bond donors (Lipinski definition) is 2. The molecule has 3 rings (SSSR count). The lowest BCUT2D eigenvalue weighted by molar-refractivity contribution is 0.0919. The van der Waals surface area contributed by atoms with E-state index in [0.717, 1.165) is 27.9 Å². The molecule has 5 nitrogen and oxygen atoms in total. The van der Waals surface area contributed by atoms with Gasteiger partial charge in [-0.05, 0) is 31.2 Å². The summed E-state index contributed by atoms with van der Waals surface area (Å²) in [5.41, 5.74) is 2.27. The van der Waals surface area contributed by atoms with E-state index in [1.807, 2.05) is 25.1 Å². The highest BCUT2D eigenvalue weighted by molar-refractivity contribution is 9.10. The van der Waals surface area contributed by atoms with E-state index in [9.17, 15) is 4.79 Å². The number of aromatic amines is 1. The molecule has 2 heterocycles. The van der Waals surface area contributed by atoms with Crippen molar-refractivity contribution < 1.29 is 9.53 Å². The summed E-state index contributed by atoms with van der Waals surface area (Å²) in [5, 5.41) is 9.76. The molecular formula is C14H14BrN3O2. The molecule has 0 radical (unpaired) electrons. The molecule has 1 aromatic heterocycles. The zero-order valence-corrected chi connectivity index (χ0v) is 12.5. The maximum Gasteiger partial charge on any atom is 0.272 e. The van der Waals surface area contributed by atoms with Gasteiger partial charge < -0.3 is 10.1 Å². The van der Waals surface area contributed by atoms with Crippen molar-refractivity contribution in [1.82, 2.24) is 15.5 Å². The molecule has 0 fully saturated rings. The van der Waals surface area contributed by atoms with Crippen LogP contribution in [-0.2, 0) is 0 Å². The van der Waals surface area contributed by atoms with Gasteiger partial charge in [0.15, 0.2) is 0 Å². The molecule has 2 N–H and O–H groups in total. The molecule has 1 aromatic carbocycles. The largest absolute Gasteiger partial charge is 0.493 e. The summed E-state index contributed by atoms with van der Waals surface area (Å²) in [7, 11) is 0. The van der Waals surface area contributed by atoms with Crippen molar-refractivity contribution in [1.29, 1.82) is 0 Å². The van der Waals surface area contributed by atoms with Crippen LogP contribution in [0.3, 0.4) is 0 Å². The lowest BCUT2D eigenvalue weighted by atomic mass is 10.0. The normalized spacial score (nSPS) is 17.2. The summed E-state index contributed by atoms with van der Waals surface area (Å²) in [6, 6.07) is 7.50. The van der Waals surface area contributed by atoms with Crippen LogP contribution in [0, 0.1) is 6.92 Å². The van der Waals surface area contributed by atoms with E-state index in [-0.39, 0.29) is 11.9 Å². The fraction of sp³-hybridized carbons (Fsp3) is 0.286. The van der Waals surface area contributed by atoms with Crippen LogP contribution in [0.2, 0.25) is 0 Å². The lowest BCUT2D eigenvalue weighted by Gasteiger charge is -2.26. The van der Waals surface area contributed by atoms with Gasteiger partial charge in [-0.2, -0.15) is 5.10 Å². The molecule has 0 bridgehead atoms. The van der Waals surface area contributed by atoms with Gasteiger partial charge in [-0.1, -0.05) is 15.9 Å². The molecule has 6 heteroatoms. The van der Waals surface area contributed by atoms with Crippen molar-refractivity contribution in [2.24, 2.45) is 0 Å². The van der Waals surface area contributed by atoms with Gasteiger partial charge in [0.05, 0.1) is 12.6 Å². The van der Waals surface area contributed by atoms with Crippen molar-refractivity contribution in [3.8, 4) is 5.75 Å². The molecule has 20 heavy (non-hydrogen) atoms. The Labute approximate surface area is 124 Å². The monoisotopic (exact) mass is 335 g/mol. The predicted octanol–water partition coefficient (Wildman–Crippen LogP) is 2.73. The molecule has 1 aliphatic rings. The number of carbonyl (C=O) groups excluding carboxylic acids is 1. The van der Waals surface area contributed by atoms with Gasteiger partial charge in [-0.15, -0.1) is 0 Å². The highest BCUT2D eigenvalue weighted by Gasteiger charge is 2.24. The third kappa shape index (κ3) is 2.56. The Morgan fingerprint density at radius 2 is 2.35 bits per heavy atom. The molecule has 0 spiro atoms. The maximum atomic E-state index is 12.2. The number of nitrogens with zero attached hydrogens (tertiary/aromatic N) is 1. The minimum absolute atomic E-state index is 0.0549. The number of aromatic nitrogens is 2. The number of halogens is 1. The van der Waals surface area contributed by atoms with E-state index < -0.39 is 0 Å². The highest BCUT2D eigenvalue weighted by atomic mass is 79.9. The van der Waals surface area contributed by atoms with Crippen molar-refractivity contribution in [2.75, 3.05) is 6.61 Å². The van der Waals surface area contributed by atoms with E-state index in [1.54, 1.807) is 6.07 Å². The fourth-order valence-corrected chi connectivity index (χ4v) is 2.66. The molecule has 0 saturated carbocycles. The van der Waals surface area contributed by atoms with Crippen LogP contribution in [0.5, 0.6) is 5.75 Å². The second-order valence-electron chi connectivity index (χ2n) is 4.78.